The van der Waals surface area contributed by atoms with Gasteiger partial charge in [0, 0.05) is 0 Å². The van der Waals surface area contributed by atoms with Crippen molar-refractivity contribution in [1.29, 1.82) is 0 Å². The maximum atomic E-state index is 9.25. The lowest BCUT2D eigenvalue weighted by atomic mass is 10.2. The number of H-pyrrole nitrogens is 1. The molecular weight excluding hydrogens is 242 g/mol. The van der Waals surface area contributed by atoms with Gasteiger partial charge in [0.05, 0.1) is 18.8 Å². The molecule has 0 aliphatic carbocycles. The van der Waals surface area contributed by atoms with Gasteiger partial charge in [-0.3, -0.25) is 5.10 Å². The topological polar surface area (TPSA) is 86.7 Å². The highest BCUT2D eigenvalue weighted by Gasteiger charge is 2.12. The Kier molecular flexibility index (Phi) is 3.75. The zero-order valence-electron chi connectivity index (χ0n) is 9.44. The van der Waals surface area contributed by atoms with Crippen molar-refractivity contribution in [3.8, 4) is 0 Å². The second-order valence-electron chi connectivity index (χ2n) is 3.78. The van der Waals surface area contributed by atoms with Crippen molar-refractivity contribution < 1.29 is 5.11 Å². The molecular formula is C10H14ClN5O. The standard InChI is InChI=1S/C10H14ClN5O/c1-2-3-6(5-17)13-9-8-7(4-12-16-8)14-10(11)15-9/h4,6,17H,2-3,5H2,1H3,(H,12,16)(H,13,14,15)/t6-/m1/s1. The highest BCUT2D eigenvalue weighted by molar-refractivity contribution is 6.28. The van der Waals surface area contributed by atoms with E-state index in [1.54, 1.807) is 6.20 Å². The van der Waals surface area contributed by atoms with Crippen LogP contribution in [0, 0.1) is 0 Å². The third-order valence-corrected chi connectivity index (χ3v) is 2.64. The summed E-state index contributed by atoms with van der Waals surface area (Å²) in [6.07, 6.45) is 3.42. The molecule has 0 aliphatic heterocycles. The summed E-state index contributed by atoms with van der Waals surface area (Å²) in [7, 11) is 0. The van der Waals surface area contributed by atoms with E-state index in [2.05, 4.69) is 32.4 Å². The Balaban J connectivity index is 2.30. The van der Waals surface area contributed by atoms with E-state index in [-0.39, 0.29) is 17.9 Å². The van der Waals surface area contributed by atoms with Crippen LogP contribution >= 0.6 is 11.6 Å². The number of aromatic nitrogens is 4. The molecule has 0 saturated heterocycles. The molecule has 1 atom stereocenters. The van der Waals surface area contributed by atoms with Crippen molar-refractivity contribution in [3.63, 3.8) is 0 Å². The van der Waals surface area contributed by atoms with Gasteiger partial charge in [-0.15, -0.1) is 0 Å². The van der Waals surface area contributed by atoms with E-state index < -0.39 is 0 Å². The molecule has 0 unspecified atom stereocenters. The Labute approximate surface area is 103 Å². The predicted octanol–water partition coefficient (Wildman–Crippen LogP) is 1.58. The number of nitrogens with one attached hydrogen (secondary N) is 2. The Morgan fingerprint density at radius 3 is 3.06 bits per heavy atom. The van der Waals surface area contributed by atoms with Crippen LogP contribution in [0.1, 0.15) is 19.8 Å². The third kappa shape index (κ3) is 2.65. The molecule has 0 saturated carbocycles. The van der Waals surface area contributed by atoms with Crippen LogP contribution in [0.3, 0.4) is 0 Å². The second kappa shape index (κ2) is 5.29. The third-order valence-electron chi connectivity index (χ3n) is 2.47. The summed E-state index contributed by atoms with van der Waals surface area (Å²) >= 11 is 5.82. The minimum atomic E-state index is -0.0440. The van der Waals surface area contributed by atoms with Crippen molar-refractivity contribution in [2.75, 3.05) is 11.9 Å². The number of fused-ring (bicyclic) bond motifs is 1. The van der Waals surface area contributed by atoms with Crippen LogP contribution in [0.25, 0.3) is 11.0 Å². The first-order valence-electron chi connectivity index (χ1n) is 5.48. The number of aliphatic hydroxyl groups is 1. The zero-order chi connectivity index (χ0) is 12.3. The van der Waals surface area contributed by atoms with Gasteiger partial charge < -0.3 is 10.4 Å². The van der Waals surface area contributed by atoms with E-state index in [1.165, 1.54) is 0 Å². The minimum absolute atomic E-state index is 0.0440. The molecule has 6 nitrogen and oxygen atoms in total. The number of anilines is 1. The second-order valence-corrected chi connectivity index (χ2v) is 4.12. The predicted molar refractivity (Wildman–Crippen MR) is 66.1 cm³/mol. The van der Waals surface area contributed by atoms with Gasteiger partial charge in [-0.25, -0.2) is 4.98 Å². The number of aromatic amines is 1. The van der Waals surface area contributed by atoms with E-state index >= 15 is 0 Å². The molecule has 2 aromatic heterocycles. The first kappa shape index (κ1) is 12.1. The molecule has 2 heterocycles. The lowest BCUT2D eigenvalue weighted by molar-refractivity contribution is 0.268. The van der Waals surface area contributed by atoms with E-state index in [0.29, 0.717) is 16.9 Å². The Morgan fingerprint density at radius 1 is 1.53 bits per heavy atom. The quantitative estimate of drug-likeness (QED) is 0.706. The van der Waals surface area contributed by atoms with Gasteiger partial charge in [0.25, 0.3) is 0 Å². The van der Waals surface area contributed by atoms with Gasteiger partial charge in [-0.1, -0.05) is 13.3 Å². The summed E-state index contributed by atoms with van der Waals surface area (Å²) in [6, 6.07) is -0.0440. The number of nitrogens with zero attached hydrogens (tertiary/aromatic N) is 3. The van der Waals surface area contributed by atoms with Crippen LogP contribution in [0.5, 0.6) is 0 Å². The van der Waals surface area contributed by atoms with Gasteiger partial charge in [0.15, 0.2) is 5.82 Å². The summed E-state index contributed by atoms with van der Waals surface area (Å²) in [5, 5.41) is 19.3. The molecule has 92 valence electrons. The summed E-state index contributed by atoms with van der Waals surface area (Å²) in [5.41, 5.74) is 1.35. The van der Waals surface area contributed by atoms with Crippen molar-refractivity contribution in [3.05, 3.63) is 11.5 Å². The molecule has 7 heteroatoms. The van der Waals surface area contributed by atoms with Crippen LogP contribution in [-0.4, -0.2) is 37.9 Å². The highest BCUT2D eigenvalue weighted by Crippen LogP contribution is 2.20. The van der Waals surface area contributed by atoms with Gasteiger partial charge in [0.2, 0.25) is 5.28 Å². The summed E-state index contributed by atoms with van der Waals surface area (Å²) in [4.78, 5) is 8.14. The fraction of sp³-hybridized carbons (Fsp3) is 0.500. The largest absolute Gasteiger partial charge is 0.394 e. The maximum Gasteiger partial charge on any atom is 0.225 e. The SMILES string of the molecule is CCC[C@H](CO)Nc1nc(Cl)nc2cn[nH]c12. The average molecular weight is 256 g/mol. The van der Waals surface area contributed by atoms with Crippen LogP contribution < -0.4 is 5.32 Å². The van der Waals surface area contributed by atoms with Crippen molar-refractivity contribution in [2.24, 2.45) is 0 Å². The Bertz CT molecular complexity index is 500. The molecule has 0 radical (unpaired) electrons. The molecule has 0 amide bonds. The number of hydrogen-bond donors (Lipinski definition) is 3. The maximum absolute atomic E-state index is 9.25. The Morgan fingerprint density at radius 2 is 2.35 bits per heavy atom. The lowest BCUT2D eigenvalue weighted by Crippen LogP contribution is -2.24. The minimum Gasteiger partial charge on any atom is -0.394 e. The fourth-order valence-corrected chi connectivity index (χ4v) is 1.84. The number of aliphatic hydroxyl groups excluding tert-OH is 1. The molecule has 0 aliphatic rings. The molecule has 0 fully saturated rings. The van der Waals surface area contributed by atoms with Crippen LogP contribution in [0.2, 0.25) is 5.28 Å². The zero-order valence-corrected chi connectivity index (χ0v) is 10.2. The molecule has 0 bridgehead atoms. The van der Waals surface area contributed by atoms with Crippen molar-refractivity contribution in [2.45, 2.75) is 25.8 Å². The van der Waals surface area contributed by atoms with E-state index in [9.17, 15) is 5.11 Å². The summed E-state index contributed by atoms with van der Waals surface area (Å²) < 4.78 is 0. The van der Waals surface area contributed by atoms with Crippen molar-refractivity contribution >= 4 is 28.5 Å². The number of rotatable bonds is 5. The number of hydrogen-bond acceptors (Lipinski definition) is 5. The van der Waals surface area contributed by atoms with Gasteiger partial charge in [-0.2, -0.15) is 10.1 Å². The molecule has 2 rings (SSSR count). The van der Waals surface area contributed by atoms with E-state index in [0.717, 1.165) is 12.8 Å². The van der Waals surface area contributed by atoms with Gasteiger partial charge >= 0.3 is 0 Å². The monoisotopic (exact) mass is 255 g/mol. The van der Waals surface area contributed by atoms with Crippen molar-refractivity contribution in [1.82, 2.24) is 20.2 Å². The normalized spacial score (nSPS) is 12.9. The first-order valence-corrected chi connectivity index (χ1v) is 5.86. The van der Waals surface area contributed by atoms with E-state index in [1.807, 2.05) is 0 Å². The van der Waals surface area contributed by atoms with Crippen LogP contribution in [-0.2, 0) is 0 Å². The van der Waals surface area contributed by atoms with Gasteiger partial charge in [-0.05, 0) is 18.0 Å². The summed E-state index contributed by atoms with van der Waals surface area (Å²) in [6.45, 7) is 2.11. The smallest absolute Gasteiger partial charge is 0.225 e. The average Bonchev–Trinajstić information content (AvgIpc) is 2.76. The molecule has 0 spiro atoms. The molecule has 0 aromatic carbocycles. The van der Waals surface area contributed by atoms with Crippen LogP contribution in [0.15, 0.2) is 6.20 Å². The summed E-state index contributed by atoms with van der Waals surface area (Å²) in [5.74, 6) is 0.574. The number of halogens is 1. The first-order chi connectivity index (χ1) is 8.24. The Hall–Kier alpha value is -1.40. The van der Waals surface area contributed by atoms with E-state index in [4.69, 9.17) is 11.6 Å². The highest BCUT2D eigenvalue weighted by atomic mass is 35.5. The molecule has 17 heavy (non-hydrogen) atoms. The van der Waals surface area contributed by atoms with Crippen LogP contribution in [0.4, 0.5) is 5.82 Å². The van der Waals surface area contributed by atoms with Gasteiger partial charge in [0.1, 0.15) is 11.0 Å². The molecule has 3 N–H and O–H groups in total. The fourth-order valence-electron chi connectivity index (χ4n) is 1.67. The molecule has 2 aromatic rings. The lowest BCUT2D eigenvalue weighted by Gasteiger charge is -2.16.